The number of nitriles is 1. The number of nitrogens with zero attached hydrogens (tertiary/aromatic N) is 3. The molecule has 0 saturated carbocycles. The molecule has 14 heavy (non-hydrogen) atoms. The van der Waals surface area contributed by atoms with Gasteiger partial charge in [-0.2, -0.15) is 5.26 Å². The van der Waals surface area contributed by atoms with Gasteiger partial charge in [0.05, 0.1) is 11.9 Å². The van der Waals surface area contributed by atoms with E-state index in [0.29, 0.717) is 12.5 Å². The monoisotopic (exact) mass is 189 g/mol. The lowest BCUT2D eigenvalue weighted by Gasteiger charge is -2.05. The summed E-state index contributed by atoms with van der Waals surface area (Å²) in [6.07, 6.45) is 5.15. The maximum absolute atomic E-state index is 8.44. The summed E-state index contributed by atoms with van der Waals surface area (Å²) in [5.41, 5.74) is 0.794. The normalized spacial score (nSPS) is 10.4. The van der Waals surface area contributed by atoms with E-state index in [1.165, 1.54) is 0 Å². The predicted molar refractivity (Wildman–Crippen MR) is 54.6 cm³/mol. The van der Waals surface area contributed by atoms with Crippen molar-refractivity contribution in [3.05, 3.63) is 24.5 Å². The zero-order valence-electron chi connectivity index (χ0n) is 7.86. The standard InChI is InChI=1S/C9H11N5/c1-2-12-9(13-7-10)14-8-4-3-5-11-6-8/h3-6H,2H2,1H3,(H2,12,13,14). The maximum Gasteiger partial charge on any atom is 0.209 e. The molecule has 0 unspecified atom stereocenters. The Morgan fingerprint density at radius 3 is 3.14 bits per heavy atom. The Hall–Kier alpha value is -2.09. The second kappa shape index (κ2) is 5.54. The van der Waals surface area contributed by atoms with Crippen molar-refractivity contribution >= 4 is 11.6 Å². The first-order valence-electron chi connectivity index (χ1n) is 4.23. The van der Waals surface area contributed by atoms with Gasteiger partial charge < -0.3 is 5.32 Å². The summed E-state index contributed by atoms with van der Waals surface area (Å²) < 4.78 is 0. The smallest absolute Gasteiger partial charge is 0.209 e. The first-order chi connectivity index (χ1) is 6.86. The zero-order chi connectivity index (χ0) is 10.2. The number of nitrogens with one attached hydrogen (secondary N) is 2. The quantitative estimate of drug-likeness (QED) is 0.314. The van der Waals surface area contributed by atoms with Gasteiger partial charge in [0, 0.05) is 12.7 Å². The highest BCUT2D eigenvalue weighted by atomic mass is 15.2. The molecule has 0 spiro atoms. The molecule has 0 radical (unpaired) electrons. The minimum Gasteiger partial charge on any atom is -0.324 e. The van der Waals surface area contributed by atoms with Gasteiger partial charge in [0.2, 0.25) is 5.96 Å². The average molecular weight is 189 g/mol. The van der Waals surface area contributed by atoms with Crippen molar-refractivity contribution in [1.82, 2.24) is 10.3 Å². The van der Waals surface area contributed by atoms with Gasteiger partial charge in [0.15, 0.2) is 6.19 Å². The molecule has 5 heteroatoms. The third kappa shape index (κ3) is 3.11. The number of hydrogen-bond donors (Lipinski definition) is 2. The molecule has 5 nitrogen and oxygen atoms in total. The number of aromatic nitrogens is 1. The van der Waals surface area contributed by atoms with Crippen LogP contribution in [-0.2, 0) is 0 Å². The largest absolute Gasteiger partial charge is 0.324 e. The van der Waals surface area contributed by atoms with Crippen molar-refractivity contribution in [2.24, 2.45) is 4.99 Å². The van der Waals surface area contributed by atoms with Crippen LogP contribution in [0.4, 0.5) is 5.69 Å². The topological polar surface area (TPSA) is 73.1 Å². The first-order valence-corrected chi connectivity index (χ1v) is 4.23. The predicted octanol–water partition coefficient (Wildman–Crippen LogP) is 0.940. The molecule has 0 aliphatic heterocycles. The van der Waals surface area contributed by atoms with E-state index in [1.54, 1.807) is 18.5 Å². The highest BCUT2D eigenvalue weighted by Crippen LogP contribution is 2.01. The van der Waals surface area contributed by atoms with Crippen LogP contribution in [0.1, 0.15) is 6.92 Å². The van der Waals surface area contributed by atoms with Crippen LogP contribution in [0.5, 0.6) is 0 Å². The minimum absolute atomic E-state index is 0.433. The average Bonchev–Trinajstić information content (AvgIpc) is 2.20. The van der Waals surface area contributed by atoms with Crippen LogP contribution in [0, 0.1) is 11.5 Å². The van der Waals surface area contributed by atoms with Crippen LogP contribution in [-0.4, -0.2) is 17.5 Å². The fraction of sp³-hybridized carbons (Fsp3) is 0.222. The van der Waals surface area contributed by atoms with Crippen LogP contribution < -0.4 is 10.6 Å². The highest BCUT2D eigenvalue weighted by molar-refractivity contribution is 5.94. The van der Waals surface area contributed by atoms with Crippen LogP contribution in [0.3, 0.4) is 0 Å². The van der Waals surface area contributed by atoms with E-state index < -0.39 is 0 Å². The summed E-state index contributed by atoms with van der Waals surface area (Å²) >= 11 is 0. The van der Waals surface area contributed by atoms with Crippen molar-refractivity contribution in [3.8, 4) is 6.19 Å². The minimum atomic E-state index is 0.433. The summed E-state index contributed by atoms with van der Waals surface area (Å²) in [6, 6.07) is 3.65. The first kappa shape index (κ1) is 9.99. The molecule has 0 saturated heterocycles. The van der Waals surface area contributed by atoms with Gasteiger partial charge in [0.1, 0.15) is 0 Å². The van der Waals surface area contributed by atoms with Gasteiger partial charge in [-0.15, -0.1) is 0 Å². The van der Waals surface area contributed by atoms with Crippen molar-refractivity contribution in [3.63, 3.8) is 0 Å². The van der Waals surface area contributed by atoms with Gasteiger partial charge in [0.25, 0.3) is 0 Å². The molecule has 0 aliphatic rings. The molecule has 0 aromatic carbocycles. The number of hydrogen-bond acceptors (Lipinski definition) is 3. The summed E-state index contributed by atoms with van der Waals surface area (Å²) in [7, 11) is 0. The van der Waals surface area contributed by atoms with E-state index in [1.807, 2.05) is 19.2 Å². The van der Waals surface area contributed by atoms with Gasteiger partial charge in [-0.1, -0.05) is 0 Å². The molecule has 0 atom stereocenters. The van der Waals surface area contributed by atoms with Crippen molar-refractivity contribution in [2.75, 3.05) is 11.9 Å². The molecule has 0 fully saturated rings. The molecule has 1 heterocycles. The van der Waals surface area contributed by atoms with Crippen LogP contribution >= 0.6 is 0 Å². The van der Waals surface area contributed by atoms with Crippen molar-refractivity contribution in [2.45, 2.75) is 6.92 Å². The third-order valence-electron chi connectivity index (χ3n) is 1.41. The van der Waals surface area contributed by atoms with Crippen LogP contribution in [0.25, 0.3) is 0 Å². The lowest BCUT2D eigenvalue weighted by molar-refractivity contribution is 1.09. The number of rotatable bonds is 2. The molecule has 1 aromatic rings. The zero-order valence-corrected chi connectivity index (χ0v) is 7.86. The van der Waals surface area contributed by atoms with Gasteiger partial charge in [-0.05, 0) is 19.1 Å². The summed E-state index contributed by atoms with van der Waals surface area (Å²) in [6.45, 7) is 2.50. The SMILES string of the molecule is CCN=C(NC#N)Nc1cccnc1. The molecule has 72 valence electrons. The van der Waals surface area contributed by atoms with Crippen molar-refractivity contribution < 1.29 is 0 Å². The molecular weight excluding hydrogens is 178 g/mol. The number of pyridine rings is 1. The summed E-state index contributed by atoms with van der Waals surface area (Å²) in [4.78, 5) is 7.98. The summed E-state index contributed by atoms with van der Waals surface area (Å²) in [5.74, 6) is 0.433. The van der Waals surface area contributed by atoms with E-state index in [-0.39, 0.29) is 0 Å². The third-order valence-corrected chi connectivity index (χ3v) is 1.41. The van der Waals surface area contributed by atoms with Crippen LogP contribution in [0.2, 0.25) is 0 Å². The fourth-order valence-corrected chi connectivity index (χ4v) is 0.895. The van der Waals surface area contributed by atoms with Gasteiger partial charge >= 0.3 is 0 Å². The van der Waals surface area contributed by atoms with Gasteiger partial charge in [-0.25, -0.2) is 0 Å². The Bertz CT molecular complexity index is 338. The van der Waals surface area contributed by atoms with E-state index in [9.17, 15) is 0 Å². The fourth-order valence-electron chi connectivity index (χ4n) is 0.895. The van der Waals surface area contributed by atoms with E-state index in [0.717, 1.165) is 5.69 Å². The molecule has 0 bridgehead atoms. The Labute approximate surface area is 82.5 Å². The number of guanidine groups is 1. The summed E-state index contributed by atoms with van der Waals surface area (Å²) in [5, 5.41) is 13.8. The molecule has 1 aromatic heterocycles. The lowest BCUT2D eigenvalue weighted by Crippen LogP contribution is -2.26. The lowest BCUT2D eigenvalue weighted by atomic mass is 10.4. The molecule has 2 N–H and O–H groups in total. The number of anilines is 1. The molecule has 0 aliphatic carbocycles. The van der Waals surface area contributed by atoms with E-state index in [2.05, 4.69) is 20.6 Å². The maximum atomic E-state index is 8.44. The highest BCUT2D eigenvalue weighted by Gasteiger charge is 1.96. The van der Waals surface area contributed by atoms with Crippen molar-refractivity contribution in [1.29, 1.82) is 5.26 Å². The second-order valence-electron chi connectivity index (χ2n) is 2.43. The Morgan fingerprint density at radius 2 is 2.57 bits per heavy atom. The Morgan fingerprint density at radius 1 is 1.71 bits per heavy atom. The second-order valence-corrected chi connectivity index (χ2v) is 2.43. The van der Waals surface area contributed by atoms with Gasteiger partial charge in [-0.3, -0.25) is 15.3 Å². The molecule has 0 amide bonds. The number of aliphatic imine (C=N–C) groups is 1. The van der Waals surface area contributed by atoms with E-state index in [4.69, 9.17) is 5.26 Å². The Balaban J connectivity index is 2.66. The molecule has 1 rings (SSSR count). The van der Waals surface area contributed by atoms with Crippen LogP contribution in [0.15, 0.2) is 29.5 Å². The van der Waals surface area contributed by atoms with E-state index >= 15 is 0 Å². The Kier molecular flexibility index (Phi) is 3.95. The molecular formula is C9H11N5.